The normalized spacial score (nSPS) is 27.8. The highest BCUT2D eigenvalue weighted by atomic mass is 16.1. The summed E-state index contributed by atoms with van der Waals surface area (Å²) >= 11 is 0. The van der Waals surface area contributed by atoms with Crippen LogP contribution in [0.4, 0.5) is 0 Å². The average Bonchev–Trinajstić information content (AvgIpc) is 2.61. The van der Waals surface area contributed by atoms with Crippen molar-refractivity contribution in [3.63, 3.8) is 0 Å². The maximum absolute atomic E-state index is 11.0. The lowest BCUT2D eigenvalue weighted by Crippen LogP contribution is -2.29. The van der Waals surface area contributed by atoms with E-state index in [-0.39, 0.29) is 6.04 Å². The molecule has 1 fully saturated rings. The van der Waals surface area contributed by atoms with Gasteiger partial charge in [-0.15, -0.1) is 0 Å². The van der Waals surface area contributed by atoms with E-state index in [4.69, 9.17) is 0 Å². The SMILES string of the molecule is CN1CC[C@@H](c2ccccc2)[C@H]1C=O. The molecular weight excluding hydrogens is 174 g/mol. The Labute approximate surface area is 84.5 Å². The van der Waals surface area contributed by atoms with Gasteiger partial charge < -0.3 is 4.79 Å². The summed E-state index contributed by atoms with van der Waals surface area (Å²) in [7, 11) is 2.02. The van der Waals surface area contributed by atoms with E-state index < -0.39 is 0 Å². The number of benzene rings is 1. The number of hydrogen-bond acceptors (Lipinski definition) is 2. The molecule has 1 aliphatic heterocycles. The van der Waals surface area contributed by atoms with Gasteiger partial charge >= 0.3 is 0 Å². The van der Waals surface area contributed by atoms with Crippen LogP contribution < -0.4 is 0 Å². The fourth-order valence-corrected chi connectivity index (χ4v) is 2.23. The highest BCUT2D eigenvalue weighted by Crippen LogP contribution is 2.30. The minimum Gasteiger partial charge on any atom is -0.302 e. The maximum Gasteiger partial charge on any atom is 0.137 e. The molecule has 2 atom stereocenters. The molecule has 1 aromatic carbocycles. The van der Waals surface area contributed by atoms with Gasteiger partial charge in [0, 0.05) is 5.92 Å². The van der Waals surface area contributed by atoms with Gasteiger partial charge in [0.2, 0.25) is 0 Å². The van der Waals surface area contributed by atoms with Gasteiger partial charge in [-0.25, -0.2) is 0 Å². The topological polar surface area (TPSA) is 20.3 Å². The van der Waals surface area contributed by atoms with E-state index in [0.29, 0.717) is 5.92 Å². The first-order valence-corrected chi connectivity index (χ1v) is 5.03. The molecule has 0 aliphatic carbocycles. The van der Waals surface area contributed by atoms with Gasteiger partial charge in [-0.05, 0) is 25.6 Å². The van der Waals surface area contributed by atoms with Gasteiger partial charge in [-0.3, -0.25) is 4.90 Å². The van der Waals surface area contributed by atoms with Crippen LogP contribution in [-0.2, 0) is 4.79 Å². The molecule has 0 unspecified atom stereocenters. The van der Waals surface area contributed by atoms with Crippen molar-refractivity contribution in [3.8, 4) is 0 Å². The number of hydrogen-bond donors (Lipinski definition) is 0. The molecule has 1 aliphatic rings. The van der Waals surface area contributed by atoms with Crippen molar-refractivity contribution in [2.24, 2.45) is 0 Å². The Hall–Kier alpha value is -1.15. The molecule has 1 heterocycles. The lowest BCUT2D eigenvalue weighted by atomic mass is 9.93. The molecule has 2 nitrogen and oxygen atoms in total. The second kappa shape index (κ2) is 3.93. The Morgan fingerprint density at radius 1 is 1.36 bits per heavy atom. The van der Waals surface area contributed by atoms with Crippen LogP contribution >= 0.6 is 0 Å². The van der Waals surface area contributed by atoms with Crippen molar-refractivity contribution >= 4 is 6.29 Å². The van der Waals surface area contributed by atoms with Crippen LogP contribution in [0.5, 0.6) is 0 Å². The van der Waals surface area contributed by atoms with Crippen LogP contribution in [0.1, 0.15) is 17.9 Å². The number of likely N-dealkylation sites (N-methyl/N-ethyl adjacent to an activating group) is 1. The molecule has 14 heavy (non-hydrogen) atoms. The molecule has 0 N–H and O–H groups in total. The van der Waals surface area contributed by atoms with E-state index in [9.17, 15) is 4.79 Å². The lowest BCUT2D eigenvalue weighted by molar-refractivity contribution is -0.111. The smallest absolute Gasteiger partial charge is 0.137 e. The molecule has 1 saturated heterocycles. The van der Waals surface area contributed by atoms with E-state index in [2.05, 4.69) is 17.0 Å². The zero-order chi connectivity index (χ0) is 9.97. The predicted molar refractivity (Wildman–Crippen MR) is 56.3 cm³/mol. The number of likely N-dealkylation sites (tertiary alicyclic amines) is 1. The van der Waals surface area contributed by atoms with Crippen LogP contribution in [0.3, 0.4) is 0 Å². The third-order valence-electron chi connectivity index (χ3n) is 3.08. The van der Waals surface area contributed by atoms with Gasteiger partial charge in [0.25, 0.3) is 0 Å². The minimum atomic E-state index is 0.0670. The molecule has 0 amide bonds. The Balaban J connectivity index is 2.23. The highest BCUT2D eigenvalue weighted by molar-refractivity contribution is 5.61. The molecule has 0 radical (unpaired) electrons. The fourth-order valence-electron chi connectivity index (χ4n) is 2.23. The fraction of sp³-hybridized carbons (Fsp3) is 0.417. The zero-order valence-electron chi connectivity index (χ0n) is 8.39. The summed E-state index contributed by atoms with van der Waals surface area (Å²) in [6.45, 7) is 1.02. The van der Waals surface area contributed by atoms with E-state index >= 15 is 0 Å². The second-order valence-corrected chi connectivity index (χ2v) is 3.91. The number of carbonyl (C=O) groups is 1. The van der Waals surface area contributed by atoms with Crippen molar-refractivity contribution < 1.29 is 4.79 Å². The Bertz CT molecular complexity index is 309. The van der Waals surface area contributed by atoms with E-state index in [1.807, 2.05) is 25.2 Å². The zero-order valence-corrected chi connectivity index (χ0v) is 8.39. The predicted octanol–water partition coefficient (Wildman–Crippen LogP) is 1.67. The van der Waals surface area contributed by atoms with Gasteiger partial charge in [0.1, 0.15) is 6.29 Å². The molecule has 74 valence electrons. The summed E-state index contributed by atoms with van der Waals surface area (Å²) in [4.78, 5) is 13.1. The largest absolute Gasteiger partial charge is 0.302 e. The first-order valence-electron chi connectivity index (χ1n) is 5.03. The summed E-state index contributed by atoms with van der Waals surface area (Å²) in [5.74, 6) is 0.388. The number of carbonyl (C=O) groups excluding carboxylic acids is 1. The third kappa shape index (κ3) is 1.58. The van der Waals surface area contributed by atoms with Crippen LogP contribution in [0.2, 0.25) is 0 Å². The first kappa shape index (κ1) is 9.41. The first-order chi connectivity index (χ1) is 6.83. The Kier molecular flexibility index (Phi) is 2.64. The van der Waals surface area contributed by atoms with Crippen molar-refractivity contribution in [3.05, 3.63) is 35.9 Å². The van der Waals surface area contributed by atoms with Crippen LogP contribution in [-0.4, -0.2) is 30.8 Å². The summed E-state index contributed by atoms with van der Waals surface area (Å²) in [5.41, 5.74) is 1.29. The number of nitrogens with zero attached hydrogens (tertiary/aromatic N) is 1. The molecule has 2 rings (SSSR count). The van der Waals surface area contributed by atoms with Gasteiger partial charge in [0.05, 0.1) is 6.04 Å². The summed E-state index contributed by atoms with van der Waals surface area (Å²) in [5, 5.41) is 0. The van der Waals surface area contributed by atoms with Crippen molar-refractivity contribution in [1.29, 1.82) is 0 Å². The summed E-state index contributed by atoms with van der Waals surface area (Å²) in [6.07, 6.45) is 2.16. The minimum absolute atomic E-state index is 0.0670. The van der Waals surface area contributed by atoms with E-state index in [1.54, 1.807) is 0 Å². The Morgan fingerprint density at radius 2 is 2.07 bits per heavy atom. The third-order valence-corrected chi connectivity index (χ3v) is 3.08. The summed E-state index contributed by atoms with van der Waals surface area (Å²) < 4.78 is 0. The maximum atomic E-state index is 11.0. The lowest BCUT2D eigenvalue weighted by Gasteiger charge is -2.19. The van der Waals surface area contributed by atoms with Gasteiger partial charge in [-0.2, -0.15) is 0 Å². The van der Waals surface area contributed by atoms with E-state index in [0.717, 1.165) is 19.3 Å². The Morgan fingerprint density at radius 3 is 2.71 bits per heavy atom. The second-order valence-electron chi connectivity index (χ2n) is 3.91. The van der Waals surface area contributed by atoms with Gasteiger partial charge in [0.15, 0.2) is 0 Å². The summed E-state index contributed by atoms with van der Waals surface area (Å²) in [6, 6.07) is 10.4. The molecule has 2 heteroatoms. The number of rotatable bonds is 2. The molecule has 0 bridgehead atoms. The highest BCUT2D eigenvalue weighted by Gasteiger charge is 2.32. The van der Waals surface area contributed by atoms with Gasteiger partial charge in [-0.1, -0.05) is 30.3 Å². The molecule has 1 aromatic rings. The molecule has 0 aromatic heterocycles. The standard InChI is InChI=1S/C12H15NO/c1-13-8-7-11(12(13)9-14)10-5-3-2-4-6-10/h2-6,9,11-12H,7-8H2,1H3/t11-,12+/m0/s1. The molecule has 0 spiro atoms. The average molecular weight is 189 g/mol. The van der Waals surface area contributed by atoms with Crippen molar-refractivity contribution in [2.45, 2.75) is 18.4 Å². The quantitative estimate of drug-likeness (QED) is 0.660. The van der Waals surface area contributed by atoms with Crippen molar-refractivity contribution in [2.75, 3.05) is 13.6 Å². The number of aldehydes is 1. The van der Waals surface area contributed by atoms with E-state index in [1.165, 1.54) is 5.56 Å². The van der Waals surface area contributed by atoms with Crippen LogP contribution in [0, 0.1) is 0 Å². The molecule has 0 saturated carbocycles. The van der Waals surface area contributed by atoms with Crippen LogP contribution in [0.25, 0.3) is 0 Å². The monoisotopic (exact) mass is 189 g/mol. The molecular formula is C12H15NO. The van der Waals surface area contributed by atoms with Crippen LogP contribution in [0.15, 0.2) is 30.3 Å². The van der Waals surface area contributed by atoms with Crippen molar-refractivity contribution in [1.82, 2.24) is 4.90 Å².